The number of aromatic nitrogens is 1. The third-order valence-electron chi connectivity index (χ3n) is 2.12. The van der Waals surface area contributed by atoms with E-state index in [0.29, 0.717) is 13.1 Å². The lowest BCUT2D eigenvalue weighted by molar-refractivity contribution is 0.0114. The van der Waals surface area contributed by atoms with Crippen LogP contribution in [-0.4, -0.2) is 28.9 Å². The van der Waals surface area contributed by atoms with Gasteiger partial charge in [0.1, 0.15) is 0 Å². The highest BCUT2D eigenvalue weighted by molar-refractivity contribution is 7.07. The maximum atomic E-state index is 12.8. The summed E-state index contributed by atoms with van der Waals surface area (Å²) in [6.07, 6.45) is -0.0167. The predicted octanol–water partition coefficient (Wildman–Crippen LogP) is 1.98. The second kappa shape index (κ2) is 3.31. The van der Waals surface area contributed by atoms with Gasteiger partial charge in [0.15, 0.2) is 0 Å². The summed E-state index contributed by atoms with van der Waals surface area (Å²) < 4.78 is 25.5. The topological polar surface area (TPSA) is 16.1 Å². The number of thiazole rings is 1. The molecule has 0 spiro atoms. The molecule has 1 aliphatic heterocycles. The third kappa shape index (κ3) is 2.22. The molecule has 0 amide bonds. The molecular formula is C8H10F2N2S. The third-order valence-corrected chi connectivity index (χ3v) is 2.75. The van der Waals surface area contributed by atoms with Crippen molar-refractivity contribution in [3.8, 4) is 0 Å². The number of hydrogen-bond donors (Lipinski definition) is 0. The fourth-order valence-electron chi connectivity index (χ4n) is 1.49. The maximum Gasteiger partial charge on any atom is 0.261 e. The van der Waals surface area contributed by atoms with Crippen LogP contribution in [0.4, 0.5) is 8.78 Å². The molecule has 0 unspecified atom stereocenters. The smallest absolute Gasteiger partial charge is 0.261 e. The van der Waals surface area contributed by atoms with Crippen LogP contribution in [0, 0.1) is 0 Å². The van der Waals surface area contributed by atoms with E-state index in [2.05, 4.69) is 4.98 Å². The van der Waals surface area contributed by atoms with Crippen molar-refractivity contribution >= 4 is 11.3 Å². The van der Waals surface area contributed by atoms with Crippen LogP contribution in [0.1, 0.15) is 12.1 Å². The monoisotopic (exact) mass is 204 g/mol. The molecular weight excluding hydrogens is 194 g/mol. The van der Waals surface area contributed by atoms with Crippen molar-refractivity contribution in [2.75, 3.05) is 13.1 Å². The molecule has 2 rings (SSSR count). The van der Waals surface area contributed by atoms with Crippen LogP contribution < -0.4 is 0 Å². The minimum atomic E-state index is -2.49. The van der Waals surface area contributed by atoms with Crippen LogP contribution >= 0.6 is 11.3 Å². The Morgan fingerprint density at radius 1 is 1.62 bits per heavy atom. The van der Waals surface area contributed by atoms with Gasteiger partial charge in [-0.05, 0) is 0 Å². The SMILES string of the molecule is FC1(F)CCN(Cc2cscn2)C1. The van der Waals surface area contributed by atoms with Crippen molar-refractivity contribution in [3.63, 3.8) is 0 Å². The molecule has 0 radical (unpaired) electrons. The van der Waals surface area contributed by atoms with Gasteiger partial charge in [-0.15, -0.1) is 11.3 Å². The summed E-state index contributed by atoms with van der Waals surface area (Å²) in [6, 6.07) is 0. The van der Waals surface area contributed by atoms with Gasteiger partial charge in [0.05, 0.1) is 17.7 Å². The van der Waals surface area contributed by atoms with E-state index in [-0.39, 0.29) is 13.0 Å². The molecule has 0 N–H and O–H groups in total. The van der Waals surface area contributed by atoms with E-state index in [1.165, 1.54) is 11.3 Å². The first-order valence-corrected chi connectivity index (χ1v) is 5.07. The first-order chi connectivity index (χ1) is 6.16. The number of hydrogen-bond acceptors (Lipinski definition) is 3. The molecule has 1 aliphatic rings. The highest BCUT2D eigenvalue weighted by Crippen LogP contribution is 2.27. The Kier molecular flexibility index (Phi) is 2.29. The molecule has 1 aromatic heterocycles. The van der Waals surface area contributed by atoms with Gasteiger partial charge < -0.3 is 0 Å². The number of likely N-dealkylation sites (tertiary alicyclic amines) is 1. The standard InChI is InChI=1S/C8H10F2N2S/c9-8(10)1-2-12(5-8)3-7-4-13-6-11-7/h4,6H,1-3,5H2. The zero-order valence-electron chi connectivity index (χ0n) is 7.04. The molecule has 2 nitrogen and oxygen atoms in total. The molecule has 0 atom stereocenters. The largest absolute Gasteiger partial charge is 0.291 e. The van der Waals surface area contributed by atoms with Gasteiger partial charge in [-0.2, -0.15) is 0 Å². The fourth-order valence-corrected chi connectivity index (χ4v) is 2.04. The molecule has 13 heavy (non-hydrogen) atoms. The number of alkyl halides is 2. The van der Waals surface area contributed by atoms with E-state index < -0.39 is 5.92 Å². The predicted molar refractivity (Wildman–Crippen MR) is 47.0 cm³/mol. The fraction of sp³-hybridized carbons (Fsp3) is 0.625. The molecule has 0 aromatic carbocycles. The van der Waals surface area contributed by atoms with Gasteiger partial charge in [-0.25, -0.2) is 13.8 Å². The van der Waals surface area contributed by atoms with Gasteiger partial charge >= 0.3 is 0 Å². The normalized spacial score (nSPS) is 22.3. The molecule has 1 fully saturated rings. The lowest BCUT2D eigenvalue weighted by atomic mass is 10.3. The summed E-state index contributed by atoms with van der Waals surface area (Å²) in [4.78, 5) is 5.80. The van der Waals surface area contributed by atoms with Crippen molar-refractivity contribution in [3.05, 3.63) is 16.6 Å². The average Bonchev–Trinajstić information content (AvgIpc) is 2.61. The first kappa shape index (κ1) is 9.02. The summed E-state index contributed by atoms with van der Waals surface area (Å²) in [7, 11) is 0. The Bertz CT molecular complexity index is 274. The van der Waals surface area contributed by atoms with Crippen molar-refractivity contribution < 1.29 is 8.78 Å². The zero-order chi connectivity index (χ0) is 9.31. The average molecular weight is 204 g/mol. The van der Waals surface area contributed by atoms with Crippen molar-refractivity contribution in [2.24, 2.45) is 0 Å². The van der Waals surface area contributed by atoms with E-state index in [4.69, 9.17) is 0 Å². The van der Waals surface area contributed by atoms with E-state index >= 15 is 0 Å². The highest BCUT2D eigenvalue weighted by atomic mass is 32.1. The maximum absolute atomic E-state index is 12.8. The quantitative estimate of drug-likeness (QED) is 0.732. The summed E-state index contributed by atoms with van der Waals surface area (Å²) in [6.45, 7) is 0.911. The number of rotatable bonds is 2. The Labute approximate surface area is 79.2 Å². The van der Waals surface area contributed by atoms with Gasteiger partial charge in [-0.3, -0.25) is 4.90 Å². The van der Waals surface area contributed by atoms with Crippen LogP contribution in [-0.2, 0) is 6.54 Å². The minimum absolute atomic E-state index is 0.0167. The summed E-state index contributed by atoms with van der Waals surface area (Å²) >= 11 is 1.50. The van der Waals surface area contributed by atoms with Crippen molar-refractivity contribution in [1.82, 2.24) is 9.88 Å². The van der Waals surface area contributed by atoms with Crippen LogP contribution in [0.15, 0.2) is 10.9 Å². The van der Waals surface area contributed by atoms with E-state index in [1.807, 2.05) is 5.38 Å². The zero-order valence-corrected chi connectivity index (χ0v) is 7.86. The summed E-state index contributed by atoms with van der Waals surface area (Å²) in [5, 5.41) is 1.90. The van der Waals surface area contributed by atoms with Crippen LogP contribution in [0.3, 0.4) is 0 Å². The lowest BCUT2D eigenvalue weighted by Crippen LogP contribution is -2.24. The Morgan fingerprint density at radius 2 is 2.46 bits per heavy atom. The molecule has 1 saturated heterocycles. The van der Waals surface area contributed by atoms with Crippen molar-refractivity contribution in [2.45, 2.75) is 18.9 Å². The van der Waals surface area contributed by atoms with E-state index in [9.17, 15) is 8.78 Å². The highest BCUT2D eigenvalue weighted by Gasteiger charge is 2.37. The van der Waals surface area contributed by atoms with Crippen LogP contribution in [0.25, 0.3) is 0 Å². The van der Waals surface area contributed by atoms with Gasteiger partial charge in [-0.1, -0.05) is 0 Å². The van der Waals surface area contributed by atoms with Crippen LogP contribution in [0.5, 0.6) is 0 Å². The first-order valence-electron chi connectivity index (χ1n) is 4.13. The van der Waals surface area contributed by atoms with E-state index in [1.54, 1.807) is 10.4 Å². The molecule has 72 valence electrons. The van der Waals surface area contributed by atoms with Crippen molar-refractivity contribution in [1.29, 1.82) is 0 Å². The molecule has 0 saturated carbocycles. The molecule has 0 bridgehead atoms. The summed E-state index contributed by atoms with van der Waals surface area (Å²) in [5.74, 6) is -2.49. The number of nitrogens with zero attached hydrogens (tertiary/aromatic N) is 2. The molecule has 5 heteroatoms. The second-order valence-corrected chi connectivity index (χ2v) is 4.02. The molecule has 2 heterocycles. The van der Waals surface area contributed by atoms with E-state index in [0.717, 1.165) is 5.69 Å². The van der Waals surface area contributed by atoms with Gasteiger partial charge in [0.25, 0.3) is 5.92 Å². The Hall–Kier alpha value is -0.550. The Balaban J connectivity index is 1.91. The minimum Gasteiger partial charge on any atom is -0.291 e. The summed E-state index contributed by atoms with van der Waals surface area (Å²) in [5.41, 5.74) is 2.62. The lowest BCUT2D eigenvalue weighted by Gasteiger charge is -2.13. The molecule has 1 aromatic rings. The van der Waals surface area contributed by atoms with Crippen LogP contribution in [0.2, 0.25) is 0 Å². The molecule has 0 aliphatic carbocycles. The van der Waals surface area contributed by atoms with Gasteiger partial charge in [0, 0.05) is 24.9 Å². The van der Waals surface area contributed by atoms with Gasteiger partial charge in [0.2, 0.25) is 0 Å². The second-order valence-electron chi connectivity index (χ2n) is 3.30. The number of halogens is 2. The Morgan fingerprint density at radius 3 is 3.00 bits per heavy atom.